The molecule has 0 fully saturated rings. The molecule has 0 radical (unpaired) electrons. The molecule has 0 bridgehead atoms. The maximum absolute atomic E-state index is 13.5. The van der Waals surface area contributed by atoms with Gasteiger partial charge in [-0.15, -0.1) is 0 Å². The number of carbonyl (C=O) groups is 2. The highest BCUT2D eigenvalue weighted by Crippen LogP contribution is 2.49. The van der Waals surface area contributed by atoms with E-state index in [2.05, 4.69) is 13.8 Å². The SMILES string of the molecule is Cc1ccc(C)c(N2C(=O)CC(c3ccccc3Cl)C3=C2CC(C)(C)CC3=O)c1. The monoisotopic (exact) mass is 407 g/mol. The summed E-state index contributed by atoms with van der Waals surface area (Å²) in [5.41, 5.74) is 5.29. The van der Waals surface area contributed by atoms with Crippen molar-refractivity contribution in [3.05, 3.63) is 75.4 Å². The number of amides is 1. The van der Waals surface area contributed by atoms with Crippen LogP contribution in [0.1, 0.15) is 55.7 Å². The Balaban J connectivity index is 1.95. The first-order chi connectivity index (χ1) is 13.7. The molecule has 0 N–H and O–H groups in total. The Kier molecular flexibility index (Phi) is 4.90. The predicted molar refractivity (Wildman–Crippen MR) is 117 cm³/mol. The molecule has 0 saturated heterocycles. The summed E-state index contributed by atoms with van der Waals surface area (Å²) in [6.45, 7) is 8.23. The highest BCUT2D eigenvalue weighted by atomic mass is 35.5. The summed E-state index contributed by atoms with van der Waals surface area (Å²) in [5, 5.41) is 0.606. The molecule has 0 aromatic heterocycles. The summed E-state index contributed by atoms with van der Waals surface area (Å²) in [7, 11) is 0. The fourth-order valence-corrected chi connectivity index (χ4v) is 4.95. The van der Waals surface area contributed by atoms with Crippen molar-refractivity contribution >= 4 is 29.0 Å². The van der Waals surface area contributed by atoms with Crippen molar-refractivity contribution < 1.29 is 9.59 Å². The van der Waals surface area contributed by atoms with Crippen LogP contribution < -0.4 is 4.90 Å². The number of benzene rings is 2. The summed E-state index contributed by atoms with van der Waals surface area (Å²) in [6, 6.07) is 13.7. The minimum Gasteiger partial charge on any atom is -0.294 e. The molecule has 1 unspecified atom stereocenters. The van der Waals surface area contributed by atoms with Gasteiger partial charge in [-0.2, -0.15) is 0 Å². The average Bonchev–Trinajstić information content (AvgIpc) is 2.63. The van der Waals surface area contributed by atoms with Gasteiger partial charge in [0.25, 0.3) is 0 Å². The summed E-state index contributed by atoms with van der Waals surface area (Å²) in [4.78, 5) is 28.6. The molecule has 4 rings (SSSR count). The van der Waals surface area contributed by atoms with Crippen molar-refractivity contribution in [3.63, 3.8) is 0 Å². The Hall–Kier alpha value is -2.39. The lowest BCUT2D eigenvalue weighted by atomic mass is 9.69. The van der Waals surface area contributed by atoms with Crippen LogP contribution in [0.5, 0.6) is 0 Å². The number of nitrogens with zero attached hydrogens (tertiary/aromatic N) is 1. The molecular formula is C25H26ClNO2. The van der Waals surface area contributed by atoms with E-state index in [0.717, 1.165) is 33.6 Å². The number of hydrogen-bond donors (Lipinski definition) is 0. The van der Waals surface area contributed by atoms with Crippen LogP contribution in [0.2, 0.25) is 5.02 Å². The number of carbonyl (C=O) groups excluding carboxylic acids is 2. The van der Waals surface area contributed by atoms with E-state index in [9.17, 15) is 9.59 Å². The van der Waals surface area contributed by atoms with Crippen LogP contribution >= 0.6 is 11.6 Å². The Bertz CT molecular complexity index is 1050. The van der Waals surface area contributed by atoms with Crippen LogP contribution in [0.3, 0.4) is 0 Å². The van der Waals surface area contributed by atoms with Gasteiger partial charge in [0.15, 0.2) is 5.78 Å². The van der Waals surface area contributed by atoms with E-state index in [0.29, 0.717) is 17.9 Å². The molecule has 150 valence electrons. The summed E-state index contributed by atoms with van der Waals surface area (Å²) in [6.07, 6.45) is 1.43. The summed E-state index contributed by atoms with van der Waals surface area (Å²) in [5.74, 6) is -0.131. The molecule has 29 heavy (non-hydrogen) atoms. The van der Waals surface area contributed by atoms with Crippen LogP contribution in [0.15, 0.2) is 53.7 Å². The largest absolute Gasteiger partial charge is 0.294 e. The van der Waals surface area contributed by atoms with E-state index in [1.165, 1.54) is 0 Å². The topological polar surface area (TPSA) is 37.4 Å². The van der Waals surface area contributed by atoms with E-state index < -0.39 is 0 Å². The van der Waals surface area contributed by atoms with E-state index in [1.807, 2.05) is 61.2 Å². The summed E-state index contributed by atoms with van der Waals surface area (Å²) >= 11 is 6.48. The zero-order valence-corrected chi connectivity index (χ0v) is 18.1. The van der Waals surface area contributed by atoms with Crippen molar-refractivity contribution in [2.75, 3.05) is 4.90 Å². The van der Waals surface area contributed by atoms with Gasteiger partial charge in [0.05, 0.1) is 5.69 Å². The van der Waals surface area contributed by atoms with Crippen LogP contribution in [-0.2, 0) is 9.59 Å². The van der Waals surface area contributed by atoms with Crippen molar-refractivity contribution in [2.24, 2.45) is 5.41 Å². The van der Waals surface area contributed by atoms with E-state index in [-0.39, 0.29) is 29.4 Å². The molecule has 1 amide bonds. The van der Waals surface area contributed by atoms with Gasteiger partial charge in [0.2, 0.25) is 5.91 Å². The molecule has 3 nitrogen and oxygen atoms in total. The van der Waals surface area contributed by atoms with Gasteiger partial charge in [-0.3, -0.25) is 14.5 Å². The molecule has 2 aromatic rings. The number of hydrogen-bond acceptors (Lipinski definition) is 2. The van der Waals surface area contributed by atoms with Gasteiger partial charge < -0.3 is 0 Å². The maximum Gasteiger partial charge on any atom is 0.232 e. The van der Waals surface area contributed by atoms with Gasteiger partial charge in [-0.1, -0.05) is 55.8 Å². The maximum atomic E-state index is 13.5. The Morgan fingerprint density at radius 3 is 2.48 bits per heavy atom. The Morgan fingerprint density at radius 1 is 1.03 bits per heavy atom. The zero-order valence-electron chi connectivity index (χ0n) is 17.4. The van der Waals surface area contributed by atoms with Crippen LogP contribution in [0.4, 0.5) is 5.69 Å². The Labute approximate surface area is 177 Å². The lowest BCUT2D eigenvalue weighted by molar-refractivity contribution is -0.121. The van der Waals surface area contributed by atoms with Crippen LogP contribution in [0.25, 0.3) is 0 Å². The second-order valence-corrected chi connectivity index (χ2v) is 9.51. The highest BCUT2D eigenvalue weighted by Gasteiger charge is 2.44. The molecule has 1 heterocycles. The minimum absolute atomic E-state index is 0.0212. The number of allylic oxidation sites excluding steroid dienone is 2. The van der Waals surface area contributed by atoms with Crippen molar-refractivity contribution in [1.82, 2.24) is 0 Å². The first-order valence-corrected chi connectivity index (χ1v) is 10.5. The molecule has 2 aromatic carbocycles. The van der Waals surface area contributed by atoms with Crippen molar-refractivity contribution in [3.8, 4) is 0 Å². The van der Waals surface area contributed by atoms with Gasteiger partial charge in [0, 0.05) is 35.1 Å². The van der Waals surface area contributed by atoms with Crippen molar-refractivity contribution in [2.45, 2.75) is 52.9 Å². The highest BCUT2D eigenvalue weighted by molar-refractivity contribution is 6.31. The normalized spacial score (nSPS) is 21.4. The predicted octanol–water partition coefficient (Wildman–Crippen LogP) is 6.12. The van der Waals surface area contributed by atoms with E-state index in [1.54, 1.807) is 0 Å². The number of anilines is 1. The smallest absolute Gasteiger partial charge is 0.232 e. The number of Topliss-reactive ketones (excluding diaryl/α,β-unsaturated/α-hetero) is 1. The quantitative estimate of drug-likeness (QED) is 0.601. The average molecular weight is 408 g/mol. The molecule has 4 heteroatoms. The molecule has 1 atom stereocenters. The molecule has 1 aliphatic heterocycles. The summed E-state index contributed by atoms with van der Waals surface area (Å²) < 4.78 is 0. The number of halogens is 1. The molecule has 0 saturated carbocycles. The fraction of sp³-hybridized carbons (Fsp3) is 0.360. The third kappa shape index (κ3) is 3.53. The Morgan fingerprint density at radius 2 is 1.76 bits per heavy atom. The molecule has 1 aliphatic carbocycles. The zero-order chi connectivity index (χ0) is 20.9. The minimum atomic E-state index is -0.281. The first kappa shape index (κ1) is 19.9. The van der Waals surface area contributed by atoms with E-state index in [4.69, 9.17) is 11.6 Å². The third-order valence-electron chi connectivity index (χ3n) is 6.03. The number of rotatable bonds is 2. The molecular weight excluding hydrogens is 382 g/mol. The molecule has 0 spiro atoms. The van der Waals surface area contributed by atoms with Gasteiger partial charge in [0.1, 0.15) is 0 Å². The van der Waals surface area contributed by atoms with Gasteiger partial charge in [-0.25, -0.2) is 0 Å². The third-order valence-corrected chi connectivity index (χ3v) is 6.37. The first-order valence-electron chi connectivity index (χ1n) is 10.1. The van der Waals surface area contributed by atoms with Crippen LogP contribution in [0, 0.1) is 19.3 Å². The molecule has 2 aliphatic rings. The second kappa shape index (κ2) is 7.14. The lowest BCUT2D eigenvalue weighted by Gasteiger charge is -2.43. The van der Waals surface area contributed by atoms with Gasteiger partial charge in [-0.05, 0) is 54.5 Å². The van der Waals surface area contributed by atoms with Crippen LogP contribution in [-0.4, -0.2) is 11.7 Å². The number of ketones is 1. The lowest BCUT2D eigenvalue weighted by Crippen LogP contribution is -2.44. The standard InChI is InChI=1S/C25H26ClNO2/c1-15-9-10-16(2)20(11-15)27-21-13-25(3,4)14-22(28)24(21)18(12-23(27)29)17-7-5-6-8-19(17)26/h5-11,18H,12-14H2,1-4H3. The van der Waals surface area contributed by atoms with E-state index >= 15 is 0 Å². The van der Waals surface area contributed by atoms with Gasteiger partial charge >= 0.3 is 0 Å². The number of aryl methyl sites for hydroxylation is 2. The second-order valence-electron chi connectivity index (χ2n) is 9.10. The fourth-order valence-electron chi connectivity index (χ4n) is 4.68. The van der Waals surface area contributed by atoms with Crippen molar-refractivity contribution in [1.29, 1.82) is 0 Å².